The van der Waals surface area contributed by atoms with Gasteiger partial charge in [-0.15, -0.1) is 4.40 Å². The summed E-state index contributed by atoms with van der Waals surface area (Å²) in [4.78, 5) is 14.8. The van der Waals surface area contributed by atoms with E-state index in [1.165, 1.54) is 0 Å². The molecule has 2 aliphatic rings. The van der Waals surface area contributed by atoms with Crippen LogP contribution in [0.15, 0.2) is 57.8 Å². The molecule has 0 atom stereocenters. The maximum Gasteiger partial charge on any atom is 0.285 e. The van der Waals surface area contributed by atoms with Crippen molar-refractivity contribution in [3.05, 3.63) is 59.7 Å². The Hall–Kier alpha value is -2.67. The lowest BCUT2D eigenvalue weighted by Crippen LogP contribution is -2.41. The molecule has 27 heavy (non-hydrogen) atoms. The molecule has 1 amide bonds. The van der Waals surface area contributed by atoms with Crippen molar-refractivity contribution in [3.8, 4) is 0 Å². The highest BCUT2D eigenvalue weighted by Gasteiger charge is 2.34. The number of carbonyl (C=O) groups is 1. The molecule has 0 radical (unpaired) electrons. The molecule has 2 aliphatic heterocycles. The van der Waals surface area contributed by atoms with Crippen LogP contribution in [0.1, 0.15) is 24.0 Å². The average molecular weight is 383 g/mol. The highest BCUT2D eigenvalue weighted by atomic mass is 32.2. The molecule has 1 fully saturated rings. The van der Waals surface area contributed by atoms with Crippen molar-refractivity contribution in [3.63, 3.8) is 0 Å². The van der Waals surface area contributed by atoms with Gasteiger partial charge in [0.15, 0.2) is 5.84 Å². The molecule has 0 bridgehead atoms. The molecule has 1 saturated heterocycles. The molecular weight excluding hydrogens is 362 g/mol. The standard InChI is InChI=1S/C20H21N3O3S/c1-14-5-4-6-16(13-14)21-20(24)15-9-11-23(12-10-15)19-17-7-2-3-8-18(17)27(25,26)22-19/h2-8,13,15H,9-12H2,1H3,(H,21,24). The minimum atomic E-state index is -3.61. The molecule has 0 spiro atoms. The first-order valence-electron chi connectivity index (χ1n) is 9.01. The van der Waals surface area contributed by atoms with Gasteiger partial charge in [0.1, 0.15) is 4.90 Å². The summed E-state index contributed by atoms with van der Waals surface area (Å²) in [6.07, 6.45) is 1.33. The van der Waals surface area contributed by atoms with Crippen LogP contribution in [-0.2, 0) is 14.8 Å². The maximum absolute atomic E-state index is 12.6. The Kier molecular flexibility index (Phi) is 4.47. The van der Waals surface area contributed by atoms with Crippen molar-refractivity contribution in [2.24, 2.45) is 10.3 Å². The van der Waals surface area contributed by atoms with Crippen LogP contribution in [0.4, 0.5) is 5.69 Å². The Morgan fingerprint density at radius 1 is 1.11 bits per heavy atom. The summed E-state index contributed by atoms with van der Waals surface area (Å²) in [6.45, 7) is 3.20. The number of amidine groups is 1. The van der Waals surface area contributed by atoms with Crippen LogP contribution in [0, 0.1) is 12.8 Å². The lowest BCUT2D eigenvalue weighted by molar-refractivity contribution is -0.120. The highest BCUT2D eigenvalue weighted by Crippen LogP contribution is 2.30. The molecule has 0 aromatic heterocycles. The van der Waals surface area contributed by atoms with E-state index in [1.54, 1.807) is 18.2 Å². The van der Waals surface area contributed by atoms with Crippen LogP contribution in [-0.4, -0.2) is 38.2 Å². The number of amides is 1. The predicted molar refractivity (Wildman–Crippen MR) is 104 cm³/mol. The normalized spacial score (nSPS) is 18.7. The monoisotopic (exact) mass is 383 g/mol. The fourth-order valence-electron chi connectivity index (χ4n) is 3.64. The van der Waals surface area contributed by atoms with Crippen LogP contribution in [0.3, 0.4) is 0 Å². The molecule has 7 heteroatoms. The highest BCUT2D eigenvalue weighted by molar-refractivity contribution is 7.90. The Morgan fingerprint density at radius 2 is 1.85 bits per heavy atom. The first-order chi connectivity index (χ1) is 12.9. The molecule has 2 aromatic rings. The van der Waals surface area contributed by atoms with Gasteiger partial charge in [0.2, 0.25) is 5.91 Å². The largest absolute Gasteiger partial charge is 0.355 e. The van der Waals surface area contributed by atoms with E-state index in [-0.39, 0.29) is 16.7 Å². The average Bonchev–Trinajstić information content (AvgIpc) is 2.93. The second kappa shape index (κ2) is 6.81. The number of hydrogen-bond acceptors (Lipinski definition) is 4. The first kappa shape index (κ1) is 17.7. The Labute approximate surface area is 159 Å². The van der Waals surface area contributed by atoms with Gasteiger partial charge in [0.25, 0.3) is 10.0 Å². The number of nitrogens with one attached hydrogen (secondary N) is 1. The smallest absolute Gasteiger partial charge is 0.285 e. The Bertz CT molecular complexity index is 1020. The van der Waals surface area contributed by atoms with Gasteiger partial charge in [0.05, 0.1) is 0 Å². The lowest BCUT2D eigenvalue weighted by atomic mass is 9.95. The van der Waals surface area contributed by atoms with Crippen molar-refractivity contribution in [2.75, 3.05) is 18.4 Å². The van der Waals surface area contributed by atoms with Gasteiger partial charge in [0, 0.05) is 30.3 Å². The summed E-state index contributed by atoms with van der Waals surface area (Å²) in [7, 11) is -3.61. The number of likely N-dealkylation sites (tertiary alicyclic amines) is 1. The third kappa shape index (κ3) is 3.47. The first-order valence-corrected chi connectivity index (χ1v) is 10.4. The summed E-state index contributed by atoms with van der Waals surface area (Å²) < 4.78 is 28.4. The minimum absolute atomic E-state index is 0.0154. The van der Waals surface area contributed by atoms with E-state index in [1.807, 2.05) is 42.2 Å². The number of rotatable bonds is 2. The fraction of sp³-hybridized carbons (Fsp3) is 0.300. The van der Waals surface area contributed by atoms with Gasteiger partial charge in [-0.05, 0) is 49.6 Å². The second-order valence-corrected chi connectivity index (χ2v) is 8.58. The summed E-state index contributed by atoms with van der Waals surface area (Å²) in [6, 6.07) is 14.6. The summed E-state index contributed by atoms with van der Waals surface area (Å²) in [5.41, 5.74) is 2.56. The molecule has 2 heterocycles. The van der Waals surface area contributed by atoms with Gasteiger partial charge < -0.3 is 10.2 Å². The number of sulfonamides is 1. The van der Waals surface area contributed by atoms with Gasteiger partial charge in [-0.1, -0.05) is 24.3 Å². The van der Waals surface area contributed by atoms with Crippen molar-refractivity contribution >= 4 is 27.5 Å². The molecular formula is C20H21N3O3S. The van der Waals surface area contributed by atoms with E-state index in [4.69, 9.17) is 0 Å². The molecule has 0 aliphatic carbocycles. The van der Waals surface area contributed by atoms with Crippen LogP contribution in [0.25, 0.3) is 0 Å². The molecule has 6 nitrogen and oxygen atoms in total. The maximum atomic E-state index is 12.6. The van der Waals surface area contributed by atoms with Crippen LogP contribution >= 0.6 is 0 Å². The number of hydrogen-bond donors (Lipinski definition) is 1. The summed E-state index contributed by atoms with van der Waals surface area (Å²) >= 11 is 0. The Morgan fingerprint density at radius 3 is 2.59 bits per heavy atom. The number of piperidine rings is 1. The van der Waals surface area contributed by atoms with Crippen molar-refractivity contribution < 1.29 is 13.2 Å². The van der Waals surface area contributed by atoms with E-state index in [2.05, 4.69) is 9.71 Å². The third-order valence-electron chi connectivity index (χ3n) is 5.06. The number of benzene rings is 2. The van der Waals surface area contributed by atoms with Crippen LogP contribution < -0.4 is 5.32 Å². The summed E-state index contributed by atoms with van der Waals surface area (Å²) in [5, 5.41) is 2.98. The molecule has 140 valence electrons. The van der Waals surface area contributed by atoms with E-state index >= 15 is 0 Å². The molecule has 0 saturated carbocycles. The third-order valence-corrected chi connectivity index (χ3v) is 6.39. The van der Waals surface area contributed by atoms with Crippen LogP contribution in [0.5, 0.6) is 0 Å². The van der Waals surface area contributed by atoms with E-state index < -0.39 is 10.0 Å². The number of carbonyl (C=O) groups excluding carboxylic acids is 1. The van der Waals surface area contributed by atoms with Gasteiger partial charge in [-0.25, -0.2) is 0 Å². The van der Waals surface area contributed by atoms with E-state index in [0.717, 1.165) is 11.3 Å². The Balaban J connectivity index is 1.43. The molecule has 0 unspecified atom stereocenters. The number of nitrogens with zero attached hydrogens (tertiary/aromatic N) is 2. The van der Waals surface area contributed by atoms with Crippen molar-refractivity contribution in [2.45, 2.75) is 24.7 Å². The van der Waals surface area contributed by atoms with E-state index in [0.29, 0.717) is 37.3 Å². The topological polar surface area (TPSA) is 78.8 Å². The number of anilines is 1. The minimum Gasteiger partial charge on any atom is -0.355 e. The lowest BCUT2D eigenvalue weighted by Gasteiger charge is -2.32. The number of aryl methyl sites for hydroxylation is 1. The van der Waals surface area contributed by atoms with Gasteiger partial charge in [-0.2, -0.15) is 8.42 Å². The zero-order chi connectivity index (χ0) is 19.0. The van der Waals surface area contributed by atoms with Gasteiger partial charge >= 0.3 is 0 Å². The zero-order valence-corrected chi connectivity index (χ0v) is 15.9. The van der Waals surface area contributed by atoms with Gasteiger partial charge in [-0.3, -0.25) is 4.79 Å². The molecule has 4 rings (SSSR count). The SMILES string of the molecule is Cc1cccc(NC(=O)C2CCN(C3=NS(=O)(=O)c4ccccc43)CC2)c1. The quantitative estimate of drug-likeness (QED) is 0.865. The molecule has 2 aromatic carbocycles. The van der Waals surface area contributed by atoms with E-state index in [9.17, 15) is 13.2 Å². The fourth-order valence-corrected chi connectivity index (χ4v) is 4.86. The summed E-state index contributed by atoms with van der Waals surface area (Å²) in [5.74, 6) is 0.431. The molecule has 1 N–H and O–H groups in total. The van der Waals surface area contributed by atoms with Crippen LogP contribution in [0.2, 0.25) is 0 Å². The second-order valence-electron chi connectivity index (χ2n) is 7.01. The van der Waals surface area contributed by atoms with Crippen molar-refractivity contribution in [1.82, 2.24) is 4.90 Å². The predicted octanol–water partition coefficient (Wildman–Crippen LogP) is 2.79. The number of fused-ring (bicyclic) bond motifs is 1. The zero-order valence-electron chi connectivity index (χ0n) is 15.1. The van der Waals surface area contributed by atoms with Crippen molar-refractivity contribution in [1.29, 1.82) is 0 Å².